The second-order valence-electron chi connectivity index (χ2n) is 4.11. The monoisotopic (exact) mass is 251 g/mol. The molecule has 1 aromatic carbocycles. The third kappa shape index (κ3) is 2.33. The molecule has 2 aromatic heterocycles. The highest BCUT2D eigenvalue weighted by molar-refractivity contribution is 5.86. The van der Waals surface area contributed by atoms with Gasteiger partial charge in [-0.1, -0.05) is 18.2 Å². The normalized spacial score (nSPS) is 11.2. The van der Waals surface area contributed by atoms with Gasteiger partial charge in [-0.2, -0.15) is 0 Å². The molecule has 0 aliphatic heterocycles. The summed E-state index contributed by atoms with van der Waals surface area (Å²) in [5, 5.41) is 1.02. The van der Waals surface area contributed by atoms with Crippen molar-refractivity contribution in [2.45, 2.75) is 0 Å². The first-order valence-corrected chi connectivity index (χ1v) is 5.97. The Hall–Kier alpha value is -2.62. The molecule has 0 saturated heterocycles. The Labute approximate surface area is 110 Å². The fourth-order valence-corrected chi connectivity index (χ4v) is 1.95. The van der Waals surface area contributed by atoms with E-state index in [9.17, 15) is 0 Å². The first kappa shape index (κ1) is 11.5. The van der Waals surface area contributed by atoms with Crippen LogP contribution in [0.3, 0.4) is 0 Å². The molecule has 0 radical (unpaired) electrons. The zero-order valence-electron chi connectivity index (χ0n) is 10.5. The van der Waals surface area contributed by atoms with Gasteiger partial charge in [-0.3, -0.25) is 0 Å². The fourth-order valence-electron chi connectivity index (χ4n) is 1.95. The molecular formula is C15H13N3O. The number of methoxy groups -OCH3 is 1. The predicted molar refractivity (Wildman–Crippen MR) is 75.8 cm³/mol. The van der Waals surface area contributed by atoms with Crippen LogP contribution >= 0.6 is 0 Å². The SMILES string of the molecule is COc1cccc(/C=C/c2ncnc3[nH]ccc23)c1. The Morgan fingerprint density at radius 1 is 1.16 bits per heavy atom. The molecule has 4 heteroatoms. The van der Waals surface area contributed by atoms with Crippen molar-refractivity contribution in [2.24, 2.45) is 0 Å². The van der Waals surface area contributed by atoms with Gasteiger partial charge < -0.3 is 9.72 Å². The average Bonchev–Trinajstić information content (AvgIpc) is 2.94. The van der Waals surface area contributed by atoms with Gasteiger partial charge in [0.25, 0.3) is 0 Å². The van der Waals surface area contributed by atoms with E-state index in [0.717, 1.165) is 28.0 Å². The maximum Gasteiger partial charge on any atom is 0.141 e. The number of ether oxygens (including phenoxy) is 1. The first-order chi connectivity index (χ1) is 9.36. The lowest BCUT2D eigenvalue weighted by Crippen LogP contribution is -1.85. The molecule has 4 nitrogen and oxygen atoms in total. The Balaban J connectivity index is 1.95. The molecule has 3 rings (SSSR count). The van der Waals surface area contributed by atoms with E-state index in [2.05, 4.69) is 15.0 Å². The van der Waals surface area contributed by atoms with E-state index in [1.165, 1.54) is 0 Å². The van der Waals surface area contributed by atoms with Crippen molar-refractivity contribution in [2.75, 3.05) is 7.11 Å². The van der Waals surface area contributed by atoms with Gasteiger partial charge in [0.15, 0.2) is 0 Å². The molecule has 0 fully saturated rings. The van der Waals surface area contributed by atoms with Gasteiger partial charge in [0.1, 0.15) is 17.7 Å². The maximum absolute atomic E-state index is 5.20. The van der Waals surface area contributed by atoms with Crippen molar-refractivity contribution in [3.05, 3.63) is 54.1 Å². The second kappa shape index (κ2) is 4.94. The van der Waals surface area contributed by atoms with E-state index in [0.29, 0.717) is 0 Å². The molecule has 94 valence electrons. The molecule has 2 heterocycles. The van der Waals surface area contributed by atoms with Crippen LogP contribution in [0.5, 0.6) is 5.75 Å². The van der Waals surface area contributed by atoms with Gasteiger partial charge in [0, 0.05) is 11.6 Å². The third-order valence-electron chi connectivity index (χ3n) is 2.91. The number of fused-ring (bicyclic) bond motifs is 1. The van der Waals surface area contributed by atoms with E-state index in [4.69, 9.17) is 4.74 Å². The van der Waals surface area contributed by atoms with Gasteiger partial charge in [-0.05, 0) is 29.8 Å². The van der Waals surface area contributed by atoms with Crippen molar-refractivity contribution in [3.8, 4) is 5.75 Å². The lowest BCUT2D eigenvalue weighted by molar-refractivity contribution is 0.414. The summed E-state index contributed by atoms with van der Waals surface area (Å²) in [6.45, 7) is 0. The standard InChI is InChI=1S/C15H13N3O/c1-19-12-4-2-3-11(9-12)5-6-14-13-7-8-16-15(13)18-10-17-14/h2-10H,1H3,(H,16,17,18)/b6-5+. The summed E-state index contributed by atoms with van der Waals surface area (Å²) in [7, 11) is 1.66. The average molecular weight is 251 g/mol. The molecule has 1 N–H and O–H groups in total. The van der Waals surface area contributed by atoms with Crippen LogP contribution in [0.2, 0.25) is 0 Å². The summed E-state index contributed by atoms with van der Waals surface area (Å²) in [6, 6.07) is 9.86. The lowest BCUT2D eigenvalue weighted by Gasteiger charge is -2.00. The number of hydrogen-bond donors (Lipinski definition) is 1. The molecule has 0 atom stereocenters. The largest absolute Gasteiger partial charge is 0.497 e. The Morgan fingerprint density at radius 2 is 2.11 bits per heavy atom. The third-order valence-corrected chi connectivity index (χ3v) is 2.91. The fraction of sp³-hybridized carbons (Fsp3) is 0.0667. The molecule has 0 bridgehead atoms. The molecule has 0 unspecified atom stereocenters. The number of nitrogens with one attached hydrogen (secondary N) is 1. The van der Waals surface area contributed by atoms with Crippen molar-refractivity contribution in [3.63, 3.8) is 0 Å². The van der Waals surface area contributed by atoms with Gasteiger partial charge in [0.05, 0.1) is 12.8 Å². The van der Waals surface area contributed by atoms with Crippen LogP contribution in [-0.2, 0) is 0 Å². The summed E-state index contributed by atoms with van der Waals surface area (Å²) in [4.78, 5) is 11.5. The van der Waals surface area contributed by atoms with Crippen LogP contribution in [0.1, 0.15) is 11.3 Å². The quantitative estimate of drug-likeness (QED) is 0.778. The van der Waals surface area contributed by atoms with E-state index in [-0.39, 0.29) is 0 Å². The number of nitrogens with zero attached hydrogens (tertiary/aromatic N) is 2. The summed E-state index contributed by atoms with van der Waals surface area (Å²) in [5.41, 5.74) is 2.82. The van der Waals surface area contributed by atoms with Crippen molar-refractivity contribution < 1.29 is 4.74 Å². The molecule has 3 aromatic rings. The summed E-state index contributed by atoms with van der Waals surface area (Å²) in [5.74, 6) is 0.844. The van der Waals surface area contributed by atoms with Crippen molar-refractivity contribution in [1.82, 2.24) is 15.0 Å². The van der Waals surface area contributed by atoms with Crippen LogP contribution in [0, 0.1) is 0 Å². The summed E-state index contributed by atoms with van der Waals surface area (Å²) >= 11 is 0. The number of rotatable bonds is 3. The summed E-state index contributed by atoms with van der Waals surface area (Å²) in [6.07, 6.45) is 7.41. The van der Waals surface area contributed by atoms with Crippen LogP contribution in [-0.4, -0.2) is 22.1 Å². The highest BCUT2D eigenvalue weighted by atomic mass is 16.5. The second-order valence-corrected chi connectivity index (χ2v) is 4.11. The highest BCUT2D eigenvalue weighted by Gasteiger charge is 2.00. The van der Waals surface area contributed by atoms with Gasteiger partial charge >= 0.3 is 0 Å². The van der Waals surface area contributed by atoms with Gasteiger partial charge in [-0.25, -0.2) is 9.97 Å². The molecule has 0 aliphatic rings. The van der Waals surface area contributed by atoms with Gasteiger partial charge in [-0.15, -0.1) is 0 Å². The van der Waals surface area contributed by atoms with E-state index in [1.54, 1.807) is 13.4 Å². The Kier molecular flexibility index (Phi) is 2.98. The minimum Gasteiger partial charge on any atom is -0.497 e. The number of aromatic amines is 1. The van der Waals surface area contributed by atoms with E-state index < -0.39 is 0 Å². The number of benzene rings is 1. The molecule has 0 spiro atoms. The maximum atomic E-state index is 5.20. The van der Waals surface area contributed by atoms with Gasteiger partial charge in [0.2, 0.25) is 0 Å². The van der Waals surface area contributed by atoms with Crippen molar-refractivity contribution in [1.29, 1.82) is 0 Å². The zero-order valence-corrected chi connectivity index (χ0v) is 10.5. The van der Waals surface area contributed by atoms with Crippen LogP contribution < -0.4 is 4.74 Å². The first-order valence-electron chi connectivity index (χ1n) is 5.97. The minimum absolute atomic E-state index is 0.844. The smallest absolute Gasteiger partial charge is 0.141 e. The van der Waals surface area contributed by atoms with Crippen LogP contribution in [0.25, 0.3) is 23.2 Å². The zero-order chi connectivity index (χ0) is 13.1. The highest BCUT2D eigenvalue weighted by Crippen LogP contribution is 2.17. The topological polar surface area (TPSA) is 50.8 Å². The van der Waals surface area contributed by atoms with Crippen LogP contribution in [0.15, 0.2) is 42.9 Å². The Morgan fingerprint density at radius 3 is 3.00 bits per heavy atom. The predicted octanol–water partition coefficient (Wildman–Crippen LogP) is 3.14. The van der Waals surface area contributed by atoms with Crippen LogP contribution in [0.4, 0.5) is 0 Å². The van der Waals surface area contributed by atoms with E-state index in [1.807, 2.05) is 48.7 Å². The number of hydrogen-bond acceptors (Lipinski definition) is 3. The molecule has 0 saturated carbocycles. The lowest BCUT2D eigenvalue weighted by atomic mass is 10.1. The van der Waals surface area contributed by atoms with Crippen molar-refractivity contribution >= 4 is 23.2 Å². The Bertz CT molecular complexity index is 731. The summed E-state index contributed by atoms with van der Waals surface area (Å²) < 4.78 is 5.20. The molecule has 0 aliphatic carbocycles. The number of H-pyrrole nitrogens is 1. The number of aromatic nitrogens is 3. The minimum atomic E-state index is 0.844. The molecule has 0 amide bonds. The molecular weight excluding hydrogens is 238 g/mol. The van der Waals surface area contributed by atoms with E-state index >= 15 is 0 Å². The molecule has 19 heavy (non-hydrogen) atoms.